The summed E-state index contributed by atoms with van der Waals surface area (Å²) in [7, 11) is 0. The Morgan fingerprint density at radius 2 is 1.83 bits per heavy atom. The first kappa shape index (κ1) is 18.6. The molecule has 0 atom stereocenters. The van der Waals surface area contributed by atoms with E-state index in [0.717, 1.165) is 40.6 Å². The number of benzene rings is 2. The molecule has 0 spiro atoms. The molecule has 0 saturated heterocycles. The molecule has 2 aromatic heterocycles. The Bertz CT molecular complexity index is 1130. The van der Waals surface area contributed by atoms with E-state index in [1.807, 2.05) is 54.6 Å². The lowest BCUT2D eigenvalue weighted by atomic mass is 10.0. The minimum Gasteiger partial charge on any atom is -0.508 e. The van der Waals surface area contributed by atoms with Crippen LogP contribution in [0.2, 0.25) is 0 Å². The van der Waals surface area contributed by atoms with E-state index in [1.165, 1.54) is 0 Å². The van der Waals surface area contributed by atoms with Crippen molar-refractivity contribution in [1.82, 2.24) is 15.3 Å². The van der Waals surface area contributed by atoms with Gasteiger partial charge in [-0.1, -0.05) is 30.3 Å². The van der Waals surface area contributed by atoms with E-state index in [4.69, 9.17) is 4.98 Å². The van der Waals surface area contributed by atoms with Crippen molar-refractivity contribution in [2.45, 2.75) is 12.8 Å². The maximum absolute atomic E-state index is 12.9. The monoisotopic (exact) mass is 383 g/mol. The number of nitrogens with zero attached hydrogens (tertiary/aromatic N) is 2. The normalized spacial score (nSPS) is 10.8. The number of para-hydroxylation sites is 1. The number of aromatic nitrogens is 2. The number of hydrogen-bond acceptors (Lipinski definition) is 4. The first-order valence-electron chi connectivity index (χ1n) is 9.57. The number of phenolic OH excluding ortho intramolecular Hbond substituents is 1. The molecule has 0 bridgehead atoms. The predicted molar refractivity (Wildman–Crippen MR) is 114 cm³/mol. The van der Waals surface area contributed by atoms with Crippen LogP contribution in [-0.4, -0.2) is 27.5 Å². The van der Waals surface area contributed by atoms with E-state index >= 15 is 0 Å². The minimum absolute atomic E-state index is 0.112. The molecule has 0 fully saturated rings. The Morgan fingerprint density at radius 1 is 1.00 bits per heavy atom. The molecule has 2 aromatic carbocycles. The van der Waals surface area contributed by atoms with Crippen molar-refractivity contribution in [1.29, 1.82) is 0 Å². The fraction of sp³-hybridized carbons (Fsp3) is 0.125. The van der Waals surface area contributed by atoms with Gasteiger partial charge < -0.3 is 10.4 Å². The second-order valence-corrected chi connectivity index (χ2v) is 6.84. The molecule has 29 heavy (non-hydrogen) atoms. The standard InChI is InChI=1S/C24H21N3O2/c28-19-11-9-17(10-12-19)5-3-14-26-24(29)21-15-23(18-6-4-13-25-16-18)27-22-8-2-1-7-20(21)22/h1-2,4,6-13,15-16,28H,3,5,14H2,(H,26,29). The smallest absolute Gasteiger partial charge is 0.252 e. The Kier molecular flexibility index (Phi) is 5.47. The highest BCUT2D eigenvalue weighted by Crippen LogP contribution is 2.24. The van der Waals surface area contributed by atoms with Gasteiger partial charge in [0.1, 0.15) is 5.75 Å². The molecule has 1 amide bonds. The molecule has 0 aliphatic rings. The van der Waals surface area contributed by atoms with Crippen molar-refractivity contribution >= 4 is 16.8 Å². The zero-order valence-electron chi connectivity index (χ0n) is 15.9. The summed E-state index contributed by atoms with van der Waals surface area (Å²) in [5, 5.41) is 13.2. The highest BCUT2D eigenvalue weighted by molar-refractivity contribution is 6.07. The van der Waals surface area contributed by atoms with E-state index in [2.05, 4.69) is 10.3 Å². The number of pyridine rings is 2. The fourth-order valence-corrected chi connectivity index (χ4v) is 3.28. The second kappa shape index (κ2) is 8.52. The molecular weight excluding hydrogens is 362 g/mol. The van der Waals surface area contributed by atoms with Gasteiger partial charge in [0, 0.05) is 29.9 Å². The molecular formula is C24H21N3O2. The SMILES string of the molecule is O=C(NCCCc1ccc(O)cc1)c1cc(-c2cccnc2)nc2ccccc12. The van der Waals surface area contributed by atoms with Crippen LogP contribution in [0.1, 0.15) is 22.3 Å². The van der Waals surface area contributed by atoms with Crippen molar-refractivity contribution in [2.24, 2.45) is 0 Å². The molecule has 5 heteroatoms. The summed E-state index contributed by atoms with van der Waals surface area (Å²) < 4.78 is 0. The molecule has 0 saturated carbocycles. The summed E-state index contributed by atoms with van der Waals surface area (Å²) in [6.07, 6.45) is 5.11. The van der Waals surface area contributed by atoms with Crippen LogP contribution in [-0.2, 0) is 6.42 Å². The Balaban J connectivity index is 1.51. The summed E-state index contributed by atoms with van der Waals surface area (Å²) >= 11 is 0. The van der Waals surface area contributed by atoms with E-state index in [1.54, 1.807) is 24.5 Å². The van der Waals surface area contributed by atoms with Crippen molar-refractivity contribution in [2.75, 3.05) is 6.54 Å². The second-order valence-electron chi connectivity index (χ2n) is 6.84. The number of aromatic hydroxyl groups is 1. The van der Waals surface area contributed by atoms with Crippen LogP contribution in [0.15, 0.2) is 79.1 Å². The largest absolute Gasteiger partial charge is 0.508 e. The van der Waals surface area contributed by atoms with Crippen LogP contribution in [0.5, 0.6) is 5.75 Å². The van der Waals surface area contributed by atoms with Gasteiger partial charge in [-0.3, -0.25) is 9.78 Å². The van der Waals surface area contributed by atoms with E-state index in [0.29, 0.717) is 12.1 Å². The van der Waals surface area contributed by atoms with Crippen LogP contribution in [0.4, 0.5) is 0 Å². The predicted octanol–water partition coefficient (Wildman–Crippen LogP) is 4.37. The number of rotatable bonds is 6. The van der Waals surface area contributed by atoms with E-state index in [-0.39, 0.29) is 11.7 Å². The van der Waals surface area contributed by atoms with Crippen LogP contribution in [0.3, 0.4) is 0 Å². The molecule has 2 N–H and O–H groups in total. The summed E-state index contributed by atoms with van der Waals surface area (Å²) in [4.78, 5) is 21.8. The average Bonchev–Trinajstić information content (AvgIpc) is 2.77. The highest BCUT2D eigenvalue weighted by atomic mass is 16.3. The lowest BCUT2D eigenvalue weighted by molar-refractivity contribution is 0.0955. The fourth-order valence-electron chi connectivity index (χ4n) is 3.28. The van der Waals surface area contributed by atoms with Crippen molar-refractivity contribution in [3.63, 3.8) is 0 Å². The molecule has 0 aliphatic heterocycles. The Labute approximate surface area is 169 Å². The number of nitrogens with one attached hydrogen (secondary N) is 1. The summed E-state index contributed by atoms with van der Waals surface area (Å²) in [6, 6.07) is 20.4. The van der Waals surface area contributed by atoms with Gasteiger partial charge in [0.2, 0.25) is 0 Å². The van der Waals surface area contributed by atoms with Gasteiger partial charge in [0.05, 0.1) is 16.8 Å². The van der Waals surface area contributed by atoms with Gasteiger partial charge >= 0.3 is 0 Å². The van der Waals surface area contributed by atoms with Gasteiger partial charge in [0.15, 0.2) is 0 Å². The van der Waals surface area contributed by atoms with Crippen molar-refractivity contribution < 1.29 is 9.90 Å². The zero-order valence-corrected chi connectivity index (χ0v) is 15.9. The van der Waals surface area contributed by atoms with Crippen molar-refractivity contribution in [3.8, 4) is 17.0 Å². The summed E-state index contributed by atoms with van der Waals surface area (Å²) in [5.74, 6) is 0.149. The molecule has 4 aromatic rings. The quantitative estimate of drug-likeness (QED) is 0.485. The third kappa shape index (κ3) is 4.41. The Morgan fingerprint density at radius 3 is 2.62 bits per heavy atom. The van der Waals surface area contributed by atoms with Gasteiger partial charge in [-0.25, -0.2) is 4.98 Å². The Hall–Kier alpha value is -3.73. The first-order valence-corrected chi connectivity index (χ1v) is 9.57. The third-order valence-corrected chi connectivity index (χ3v) is 4.78. The molecule has 0 unspecified atom stereocenters. The van der Waals surface area contributed by atoms with Crippen LogP contribution >= 0.6 is 0 Å². The molecule has 0 radical (unpaired) electrons. The first-order chi connectivity index (χ1) is 14.2. The van der Waals surface area contributed by atoms with E-state index in [9.17, 15) is 9.90 Å². The van der Waals surface area contributed by atoms with Gasteiger partial charge in [0.25, 0.3) is 5.91 Å². The van der Waals surface area contributed by atoms with Crippen molar-refractivity contribution in [3.05, 3.63) is 90.3 Å². The van der Waals surface area contributed by atoms with E-state index < -0.39 is 0 Å². The molecule has 5 nitrogen and oxygen atoms in total. The van der Waals surface area contributed by atoms with Crippen LogP contribution < -0.4 is 5.32 Å². The maximum atomic E-state index is 12.9. The number of aryl methyl sites for hydroxylation is 1. The number of carbonyl (C=O) groups is 1. The summed E-state index contributed by atoms with van der Waals surface area (Å²) in [6.45, 7) is 0.568. The van der Waals surface area contributed by atoms with Gasteiger partial charge in [-0.15, -0.1) is 0 Å². The maximum Gasteiger partial charge on any atom is 0.252 e. The molecule has 4 rings (SSSR count). The van der Waals surface area contributed by atoms with Crippen LogP contribution in [0, 0.1) is 0 Å². The topological polar surface area (TPSA) is 75.1 Å². The van der Waals surface area contributed by atoms with Crippen LogP contribution in [0.25, 0.3) is 22.2 Å². The van der Waals surface area contributed by atoms with Gasteiger partial charge in [-0.05, 0) is 54.8 Å². The number of carbonyl (C=O) groups excluding carboxylic acids is 1. The molecule has 0 aliphatic carbocycles. The lowest BCUT2D eigenvalue weighted by Gasteiger charge is -2.10. The average molecular weight is 383 g/mol. The minimum atomic E-state index is -0.112. The number of phenols is 1. The highest BCUT2D eigenvalue weighted by Gasteiger charge is 2.13. The number of amides is 1. The third-order valence-electron chi connectivity index (χ3n) is 4.78. The summed E-state index contributed by atoms with van der Waals surface area (Å²) in [5.41, 5.74) is 4.12. The lowest BCUT2D eigenvalue weighted by Crippen LogP contribution is -2.25. The van der Waals surface area contributed by atoms with Gasteiger partial charge in [-0.2, -0.15) is 0 Å². The molecule has 144 valence electrons. The number of hydrogen-bond donors (Lipinski definition) is 2. The number of fused-ring (bicyclic) bond motifs is 1. The zero-order chi connectivity index (χ0) is 20.1. The molecule has 2 heterocycles.